The molecule has 120 valence electrons. The topological polar surface area (TPSA) is 146 Å². The van der Waals surface area contributed by atoms with Crippen molar-refractivity contribution in [2.24, 2.45) is 0 Å². The molecule has 0 aromatic rings. The monoisotopic (exact) mass is 342 g/mol. The van der Waals surface area contributed by atoms with Crippen LogP contribution in [0, 0.1) is 0 Å². The Morgan fingerprint density at radius 1 is 0.714 bits per heavy atom. The van der Waals surface area contributed by atoms with Gasteiger partial charge < -0.3 is 0 Å². The van der Waals surface area contributed by atoms with Crippen LogP contribution in [0.4, 0.5) is 0 Å². The molecule has 0 bridgehead atoms. The van der Waals surface area contributed by atoms with E-state index in [1.165, 1.54) is 0 Å². The van der Waals surface area contributed by atoms with Crippen molar-refractivity contribution in [2.75, 3.05) is 11.5 Å². The summed E-state index contributed by atoms with van der Waals surface area (Å²) in [5, 5.41) is 0. The van der Waals surface area contributed by atoms with Crippen LogP contribution in [0.5, 0.6) is 0 Å². The number of hydrogen-bond donors (Lipinski definition) is 0. The normalized spacial score (nSPS) is 11.9. The zero-order valence-electron chi connectivity index (χ0n) is 11.3. The van der Waals surface area contributed by atoms with Gasteiger partial charge in [-0.05, 0) is 13.8 Å². The van der Waals surface area contributed by atoms with Gasteiger partial charge in [0.2, 0.25) is 0 Å². The molecule has 0 fully saturated rings. The average Bonchev–Trinajstić information content (AvgIpc) is 2.07. The fourth-order valence-electron chi connectivity index (χ4n) is 1.26. The smallest absolute Gasteiger partial charge is 0.289 e. The summed E-state index contributed by atoms with van der Waals surface area (Å²) in [6, 6.07) is 0. The van der Waals surface area contributed by atoms with Gasteiger partial charge in [-0.15, -0.1) is 3.63 Å². The van der Waals surface area contributed by atoms with Crippen molar-refractivity contribution < 1.29 is 39.6 Å². The summed E-state index contributed by atoms with van der Waals surface area (Å²) >= 11 is 0. The summed E-state index contributed by atoms with van der Waals surface area (Å²) in [4.78, 5) is 43.5. The van der Waals surface area contributed by atoms with E-state index in [0.29, 0.717) is 0 Å². The standard InChI is InChI=1S/C10H14O9S2/c1-7(11)3-9(13)5-20(15,16)19-21(17,18)6-10(14)4-8(2)12/h3-6H2,1-2H3. The zero-order chi connectivity index (χ0) is 16.8. The lowest BCUT2D eigenvalue weighted by Gasteiger charge is -2.04. The molecule has 0 aromatic carbocycles. The number of carbonyl (C=O) groups excluding carboxylic acids is 4. The predicted octanol–water partition coefficient (Wildman–Crippen LogP) is -1.24. The van der Waals surface area contributed by atoms with Crippen LogP contribution in [0.25, 0.3) is 0 Å². The fourth-order valence-corrected chi connectivity index (χ4v) is 3.90. The maximum absolute atomic E-state index is 11.3. The van der Waals surface area contributed by atoms with E-state index in [1.807, 2.05) is 0 Å². The van der Waals surface area contributed by atoms with Crippen molar-refractivity contribution in [3.05, 3.63) is 0 Å². The molecule has 0 saturated carbocycles. The van der Waals surface area contributed by atoms with Gasteiger partial charge in [0.15, 0.2) is 11.6 Å². The van der Waals surface area contributed by atoms with Gasteiger partial charge in [-0.25, -0.2) is 0 Å². The summed E-state index contributed by atoms with van der Waals surface area (Å²) in [5.41, 5.74) is 0. The maximum atomic E-state index is 11.3. The quantitative estimate of drug-likeness (QED) is 0.445. The van der Waals surface area contributed by atoms with Crippen LogP contribution in [-0.4, -0.2) is 51.5 Å². The molecule has 0 rings (SSSR count). The molecule has 0 spiro atoms. The molecule has 9 nitrogen and oxygen atoms in total. The van der Waals surface area contributed by atoms with Gasteiger partial charge >= 0.3 is 0 Å². The Morgan fingerprint density at radius 2 is 1.00 bits per heavy atom. The van der Waals surface area contributed by atoms with Gasteiger partial charge in [0.1, 0.15) is 23.1 Å². The summed E-state index contributed by atoms with van der Waals surface area (Å²) < 4.78 is 49.1. The van der Waals surface area contributed by atoms with Crippen molar-refractivity contribution in [3.8, 4) is 0 Å². The SMILES string of the molecule is CC(=O)CC(=O)CS(=O)(=O)OS(=O)(=O)CC(=O)CC(C)=O. The van der Waals surface area contributed by atoms with Gasteiger partial charge in [-0.1, -0.05) is 0 Å². The van der Waals surface area contributed by atoms with Crippen LogP contribution in [0.3, 0.4) is 0 Å². The molecule has 0 atom stereocenters. The Bertz CT molecular complexity index is 597. The third-order valence-corrected chi connectivity index (χ3v) is 4.78. The van der Waals surface area contributed by atoms with Gasteiger partial charge in [0.25, 0.3) is 20.2 Å². The minimum atomic E-state index is -4.79. The summed E-state index contributed by atoms with van der Waals surface area (Å²) in [6.45, 7) is 2.12. The average molecular weight is 342 g/mol. The number of ketones is 4. The highest BCUT2D eigenvalue weighted by Crippen LogP contribution is 2.05. The van der Waals surface area contributed by atoms with Crippen LogP contribution in [0.2, 0.25) is 0 Å². The van der Waals surface area contributed by atoms with Gasteiger partial charge in [-0.3, -0.25) is 19.2 Å². The van der Waals surface area contributed by atoms with E-state index in [9.17, 15) is 36.0 Å². The number of Topliss-reactive ketones (excluding diaryl/α,β-unsaturated/α-hetero) is 4. The summed E-state index contributed by atoms with van der Waals surface area (Å²) in [7, 11) is -9.57. The third-order valence-electron chi connectivity index (χ3n) is 1.78. The molecule has 0 heterocycles. The first-order valence-electron chi connectivity index (χ1n) is 5.52. The molecule has 11 heteroatoms. The van der Waals surface area contributed by atoms with E-state index >= 15 is 0 Å². The molecule has 0 aromatic heterocycles. The maximum Gasteiger partial charge on any atom is 0.289 e. The highest BCUT2D eigenvalue weighted by molar-refractivity contribution is 8.00. The molecule has 0 saturated heterocycles. The Morgan fingerprint density at radius 3 is 1.24 bits per heavy atom. The van der Waals surface area contributed by atoms with Crippen LogP contribution >= 0.6 is 0 Å². The zero-order valence-corrected chi connectivity index (χ0v) is 13.0. The van der Waals surface area contributed by atoms with Crippen molar-refractivity contribution in [1.82, 2.24) is 0 Å². The lowest BCUT2D eigenvalue weighted by Crippen LogP contribution is -2.27. The first-order valence-corrected chi connectivity index (χ1v) is 8.67. The molecule has 0 radical (unpaired) electrons. The first kappa shape index (κ1) is 19.5. The van der Waals surface area contributed by atoms with Crippen molar-refractivity contribution in [3.63, 3.8) is 0 Å². The molecule has 21 heavy (non-hydrogen) atoms. The lowest BCUT2D eigenvalue weighted by atomic mass is 10.2. The van der Waals surface area contributed by atoms with Crippen LogP contribution in [0.15, 0.2) is 0 Å². The molecule has 0 aliphatic rings. The van der Waals surface area contributed by atoms with Gasteiger partial charge in [-0.2, -0.15) is 16.8 Å². The minimum Gasteiger partial charge on any atom is -0.300 e. The molecule has 0 N–H and O–H groups in total. The van der Waals surface area contributed by atoms with Crippen LogP contribution < -0.4 is 0 Å². The Labute approximate surface area is 121 Å². The number of hydrogen-bond acceptors (Lipinski definition) is 9. The molecule has 0 unspecified atom stereocenters. The molecule has 0 amide bonds. The highest BCUT2D eigenvalue weighted by Gasteiger charge is 2.28. The van der Waals surface area contributed by atoms with E-state index in [4.69, 9.17) is 0 Å². The second kappa shape index (κ2) is 7.52. The third kappa shape index (κ3) is 9.98. The largest absolute Gasteiger partial charge is 0.300 e. The highest BCUT2D eigenvalue weighted by atomic mass is 32.3. The second-order valence-electron chi connectivity index (χ2n) is 4.31. The number of carbonyl (C=O) groups is 4. The van der Waals surface area contributed by atoms with Crippen LogP contribution in [0.1, 0.15) is 26.7 Å². The number of rotatable bonds is 10. The van der Waals surface area contributed by atoms with E-state index in [0.717, 1.165) is 13.8 Å². The van der Waals surface area contributed by atoms with Crippen molar-refractivity contribution in [2.45, 2.75) is 26.7 Å². The predicted molar refractivity (Wildman–Crippen MR) is 69.3 cm³/mol. The first-order chi connectivity index (χ1) is 9.33. The van der Waals surface area contributed by atoms with E-state index < -0.39 is 67.7 Å². The molecule has 0 aliphatic carbocycles. The molecular formula is C10H14O9S2. The van der Waals surface area contributed by atoms with Gasteiger partial charge in [0.05, 0.1) is 12.8 Å². The summed E-state index contributed by atoms with van der Waals surface area (Å²) in [6.07, 6.45) is -1.35. The molecular weight excluding hydrogens is 328 g/mol. The van der Waals surface area contributed by atoms with Gasteiger partial charge in [0, 0.05) is 0 Å². The van der Waals surface area contributed by atoms with E-state index in [1.54, 1.807) is 0 Å². The minimum absolute atomic E-state index is 0.588. The van der Waals surface area contributed by atoms with Crippen LogP contribution in [-0.2, 0) is 43.0 Å². The Hall–Kier alpha value is -1.46. The van der Waals surface area contributed by atoms with E-state index in [2.05, 4.69) is 3.63 Å². The Kier molecular flexibility index (Phi) is 7.00. The fraction of sp³-hybridized carbons (Fsp3) is 0.600. The Balaban J connectivity index is 4.77. The summed E-state index contributed by atoms with van der Waals surface area (Å²) in [5.74, 6) is -5.84. The van der Waals surface area contributed by atoms with Crippen molar-refractivity contribution >= 4 is 43.4 Å². The lowest BCUT2D eigenvalue weighted by molar-refractivity contribution is -0.126. The van der Waals surface area contributed by atoms with Crippen molar-refractivity contribution in [1.29, 1.82) is 0 Å². The van der Waals surface area contributed by atoms with E-state index in [-0.39, 0.29) is 0 Å². The second-order valence-corrected chi connectivity index (χ2v) is 7.66. The molecule has 0 aliphatic heterocycles.